The van der Waals surface area contributed by atoms with Crippen LogP contribution in [0.1, 0.15) is 45.1 Å². The van der Waals surface area contributed by atoms with Gasteiger partial charge in [0.1, 0.15) is 0 Å². The standard InChI is InChI=1S/C20H28N6O2/c1-4-28-20(27)26-11-9-15(10-12-26)22-19-24-18(13-21-25-19)23-17-8-6-5-7-16(17)14(2)3/h5-8,13-15H,4,9-12H2,1-3H3,(H2,22,23,24,25). The normalized spacial score (nSPS) is 14.8. The van der Waals surface area contributed by atoms with Crippen LogP contribution in [0.4, 0.5) is 22.2 Å². The fraction of sp³-hybridized carbons (Fsp3) is 0.500. The molecule has 2 N–H and O–H groups in total. The van der Waals surface area contributed by atoms with Gasteiger partial charge in [0, 0.05) is 24.8 Å². The zero-order valence-corrected chi connectivity index (χ0v) is 16.7. The van der Waals surface area contributed by atoms with Gasteiger partial charge in [-0.05, 0) is 37.3 Å². The number of aromatic nitrogens is 3. The average molecular weight is 384 g/mol. The molecule has 1 saturated heterocycles. The molecule has 3 rings (SSSR count). The van der Waals surface area contributed by atoms with E-state index in [-0.39, 0.29) is 12.1 Å². The highest BCUT2D eigenvalue weighted by Gasteiger charge is 2.24. The van der Waals surface area contributed by atoms with Crippen molar-refractivity contribution in [3.8, 4) is 0 Å². The maximum absolute atomic E-state index is 11.8. The van der Waals surface area contributed by atoms with Gasteiger partial charge >= 0.3 is 6.09 Å². The SMILES string of the molecule is CCOC(=O)N1CCC(Nc2nncc(Nc3ccccc3C(C)C)n2)CC1. The second-order valence-corrected chi connectivity index (χ2v) is 7.14. The first kappa shape index (κ1) is 19.9. The number of hydrogen-bond donors (Lipinski definition) is 2. The number of ether oxygens (including phenoxy) is 1. The molecule has 0 spiro atoms. The van der Waals surface area contributed by atoms with Gasteiger partial charge in [0.2, 0.25) is 5.95 Å². The van der Waals surface area contributed by atoms with Gasteiger partial charge in [-0.15, -0.1) is 5.10 Å². The molecule has 1 fully saturated rings. The Hall–Kier alpha value is -2.90. The van der Waals surface area contributed by atoms with Crippen LogP contribution in [0.2, 0.25) is 0 Å². The lowest BCUT2D eigenvalue weighted by Crippen LogP contribution is -2.42. The topological polar surface area (TPSA) is 92.3 Å². The van der Waals surface area contributed by atoms with Gasteiger partial charge < -0.3 is 20.3 Å². The lowest BCUT2D eigenvalue weighted by Gasteiger charge is -2.31. The van der Waals surface area contributed by atoms with Crippen LogP contribution in [0, 0.1) is 0 Å². The molecule has 2 heterocycles. The Morgan fingerprint density at radius 3 is 2.75 bits per heavy atom. The van der Waals surface area contributed by atoms with Crippen LogP contribution >= 0.6 is 0 Å². The zero-order valence-electron chi connectivity index (χ0n) is 16.7. The number of rotatable bonds is 6. The van der Waals surface area contributed by atoms with E-state index >= 15 is 0 Å². The molecule has 0 radical (unpaired) electrons. The van der Waals surface area contributed by atoms with E-state index in [0.717, 1.165) is 18.5 Å². The Kier molecular flexibility index (Phi) is 6.62. The number of nitrogens with one attached hydrogen (secondary N) is 2. The molecule has 0 aliphatic carbocycles. The molecule has 0 saturated carbocycles. The van der Waals surface area contributed by atoms with Crippen molar-refractivity contribution in [3.63, 3.8) is 0 Å². The zero-order chi connectivity index (χ0) is 19.9. The largest absolute Gasteiger partial charge is 0.450 e. The first-order valence-corrected chi connectivity index (χ1v) is 9.80. The van der Waals surface area contributed by atoms with Crippen LogP contribution in [-0.4, -0.2) is 51.9 Å². The van der Waals surface area contributed by atoms with Gasteiger partial charge in [-0.3, -0.25) is 0 Å². The number of anilines is 3. The van der Waals surface area contributed by atoms with Gasteiger partial charge in [-0.2, -0.15) is 10.1 Å². The van der Waals surface area contributed by atoms with Crippen molar-refractivity contribution in [1.82, 2.24) is 20.1 Å². The van der Waals surface area contributed by atoms with Crippen molar-refractivity contribution in [2.45, 2.75) is 45.6 Å². The lowest BCUT2D eigenvalue weighted by molar-refractivity contribution is 0.0983. The summed E-state index contributed by atoms with van der Waals surface area (Å²) in [5.41, 5.74) is 2.24. The summed E-state index contributed by atoms with van der Waals surface area (Å²) >= 11 is 0. The molecular weight excluding hydrogens is 356 g/mol. The number of nitrogens with zero attached hydrogens (tertiary/aromatic N) is 4. The van der Waals surface area contributed by atoms with Gasteiger partial charge in [0.05, 0.1) is 12.8 Å². The Labute approximate surface area is 165 Å². The van der Waals surface area contributed by atoms with Crippen LogP contribution in [0.3, 0.4) is 0 Å². The molecule has 8 heteroatoms. The maximum Gasteiger partial charge on any atom is 0.409 e. The Morgan fingerprint density at radius 1 is 1.29 bits per heavy atom. The van der Waals surface area contributed by atoms with Gasteiger partial charge in [0.25, 0.3) is 0 Å². The third-order valence-corrected chi connectivity index (χ3v) is 4.76. The molecule has 0 atom stereocenters. The number of amides is 1. The van der Waals surface area contributed by atoms with E-state index in [0.29, 0.717) is 37.4 Å². The van der Waals surface area contributed by atoms with E-state index in [1.165, 1.54) is 5.56 Å². The molecule has 1 aromatic heterocycles. The van der Waals surface area contributed by atoms with E-state index in [1.54, 1.807) is 11.1 Å². The van der Waals surface area contributed by atoms with Crippen LogP contribution in [-0.2, 0) is 4.74 Å². The van der Waals surface area contributed by atoms with Crippen LogP contribution in [0.25, 0.3) is 0 Å². The summed E-state index contributed by atoms with van der Waals surface area (Å²) in [6.07, 6.45) is 3.01. The minimum absolute atomic E-state index is 0.200. The first-order chi connectivity index (χ1) is 13.6. The fourth-order valence-electron chi connectivity index (χ4n) is 3.28. The second kappa shape index (κ2) is 9.34. The van der Waals surface area contributed by atoms with E-state index < -0.39 is 0 Å². The third-order valence-electron chi connectivity index (χ3n) is 4.76. The van der Waals surface area contributed by atoms with Crippen LogP contribution < -0.4 is 10.6 Å². The van der Waals surface area contributed by atoms with Crippen molar-refractivity contribution in [3.05, 3.63) is 36.0 Å². The molecule has 28 heavy (non-hydrogen) atoms. The summed E-state index contributed by atoms with van der Waals surface area (Å²) in [5, 5.41) is 14.8. The Bertz CT molecular complexity index is 790. The molecule has 1 amide bonds. The van der Waals surface area contributed by atoms with Crippen molar-refractivity contribution in [2.75, 3.05) is 30.3 Å². The smallest absolute Gasteiger partial charge is 0.409 e. The highest BCUT2D eigenvalue weighted by molar-refractivity contribution is 5.67. The summed E-state index contributed by atoms with van der Waals surface area (Å²) in [7, 11) is 0. The van der Waals surface area contributed by atoms with Crippen molar-refractivity contribution in [2.24, 2.45) is 0 Å². The Morgan fingerprint density at radius 2 is 2.04 bits per heavy atom. The average Bonchev–Trinajstić information content (AvgIpc) is 2.69. The predicted molar refractivity (Wildman–Crippen MR) is 109 cm³/mol. The van der Waals surface area contributed by atoms with Crippen molar-refractivity contribution >= 4 is 23.5 Å². The summed E-state index contributed by atoms with van der Waals surface area (Å²) in [6.45, 7) is 7.85. The summed E-state index contributed by atoms with van der Waals surface area (Å²) in [6, 6.07) is 8.38. The van der Waals surface area contributed by atoms with E-state index in [2.05, 4.69) is 45.7 Å². The minimum Gasteiger partial charge on any atom is -0.450 e. The number of benzene rings is 1. The molecule has 2 aromatic rings. The van der Waals surface area contributed by atoms with Gasteiger partial charge in [-0.25, -0.2) is 4.79 Å². The molecule has 0 bridgehead atoms. The summed E-state index contributed by atoms with van der Waals surface area (Å²) in [4.78, 5) is 18.1. The first-order valence-electron chi connectivity index (χ1n) is 9.80. The molecule has 1 aromatic carbocycles. The van der Waals surface area contributed by atoms with Gasteiger partial charge in [-0.1, -0.05) is 32.0 Å². The Balaban J connectivity index is 1.60. The van der Waals surface area contributed by atoms with E-state index in [4.69, 9.17) is 4.74 Å². The van der Waals surface area contributed by atoms with Crippen molar-refractivity contribution < 1.29 is 9.53 Å². The molecule has 8 nitrogen and oxygen atoms in total. The third kappa shape index (κ3) is 5.09. The number of carbonyl (C=O) groups excluding carboxylic acids is 1. The molecule has 1 aliphatic heterocycles. The number of likely N-dealkylation sites (tertiary alicyclic amines) is 1. The van der Waals surface area contributed by atoms with E-state index in [9.17, 15) is 4.79 Å². The van der Waals surface area contributed by atoms with Crippen LogP contribution in [0.15, 0.2) is 30.5 Å². The minimum atomic E-state index is -0.242. The second-order valence-electron chi connectivity index (χ2n) is 7.14. The summed E-state index contributed by atoms with van der Waals surface area (Å²) in [5.74, 6) is 1.54. The molecular formula is C20H28N6O2. The summed E-state index contributed by atoms with van der Waals surface area (Å²) < 4.78 is 5.06. The molecule has 0 unspecified atom stereocenters. The van der Waals surface area contributed by atoms with Gasteiger partial charge in [0.15, 0.2) is 5.82 Å². The van der Waals surface area contributed by atoms with Crippen LogP contribution in [0.5, 0.6) is 0 Å². The predicted octanol–water partition coefficient (Wildman–Crippen LogP) is 3.77. The quantitative estimate of drug-likeness (QED) is 0.783. The molecule has 1 aliphatic rings. The lowest BCUT2D eigenvalue weighted by atomic mass is 10.0. The molecule has 150 valence electrons. The number of piperidine rings is 1. The number of carbonyl (C=O) groups is 1. The van der Waals surface area contributed by atoms with Crippen molar-refractivity contribution in [1.29, 1.82) is 0 Å². The number of hydrogen-bond acceptors (Lipinski definition) is 7. The van der Waals surface area contributed by atoms with E-state index in [1.807, 2.05) is 25.1 Å². The maximum atomic E-state index is 11.8. The fourth-order valence-corrected chi connectivity index (χ4v) is 3.28. The number of para-hydroxylation sites is 1. The highest BCUT2D eigenvalue weighted by Crippen LogP contribution is 2.26. The monoisotopic (exact) mass is 384 g/mol. The highest BCUT2D eigenvalue weighted by atomic mass is 16.6.